The average molecular weight is 481 g/mol. The number of carbonyl (C=O) groups is 1. The highest BCUT2D eigenvalue weighted by Crippen LogP contribution is 2.59. The molecule has 0 spiro atoms. The first kappa shape index (κ1) is 20.0. The van der Waals surface area contributed by atoms with Gasteiger partial charge in [-0.05, 0) is 109 Å². The van der Waals surface area contributed by atoms with Gasteiger partial charge >= 0.3 is 0 Å². The van der Waals surface area contributed by atoms with E-state index in [1.165, 1.54) is 48.9 Å². The van der Waals surface area contributed by atoms with Gasteiger partial charge in [0, 0.05) is 24.1 Å². The van der Waals surface area contributed by atoms with Crippen LogP contribution in [0.4, 0.5) is 0 Å². The molecule has 1 amide bonds. The second kappa shape index (κ2) is 7.34. The second-order valence-corrected chi connectivity index (χ2v) is 12.6. The summed E-state index contributed by atoms with van der Waals surface area (Å²) in [5.41, 5.74) is 0.672. The molecule has 1 aliphatic heterocycles. The van der Waals surface area contributed by atoms with E-state index in [1.54, 1.807) is 12.1 Å². The number of sulfonamides is 1. The summed E-state index contributed by atoms with van der Waals surface area (Å²) >= 11 is 3.45. The van der Waals surface area contributed by atoms with Crippen molar-refractivity contribution in [1.82, 2.24) is 9.62 Å². The summed E-state index contributed by atoms with van der Waals surface area (Å²) in [5, 5.41) is 3.17. The molecule has 158 valence electrons. The third-order valence-electron chi connectivity index (χ3n) is 7.67. The summed E-state index contributed by atoms with van der Waals surface area (Å²) in [6, 6.07) is 4.81. The molecule has 1 heterocycles. The van der Waals surface area contributed by atoms with Crippen LogP contribution in [-0.4, -0.2) is 38.3 Å². The number of hydrogen-bond acceptors (Lipinski definition) is 3. The van der Waals surface area contributed by atoms with E-state index in [2.05, 4.69) is 21.2 Å². The van der Waals surface area contributed by atoms with Crippen LogP contribution in [0.3, 0.4) is 0 Å². The van der Waals surface area contributed by atoms with Gasteiger partial charge in [0.25, 0.3) is 5.91 Å². The van der Waals surface area contributed by atoms with Crippen molar-refractivity contribution in [2.24, 2.45) is 23.2 Å². The number of nitrogens with one attached hydrogen (secondary N) is 1. The quantitative estimate of drug-likeness (QED) is 0.686. The van der Waals surface area contributed by atoms with Crippen LogP contribution >= 0.6 is 15.9 Å². The predicted octanol–water partition coefficient (Wildman–Crippen LogP) is 4.18. The van der Waals surface area contributed by atoms with Gasteiger partial charge in [-0.2, -0.15) is 4.31 Å². The molecule has 5 aliphatic rings. The minimum absolute atomic E-state index is 0.175. The molecule has 5 fully saturated rings. The lowest BCUT2D eigenvalue weighted by Gasteiger charge is -2.56. The molecule has 1 saturated heterocycles. The normalized spacial score (nSPS) is 33.9. The van der Waals surface area contributed by atoms with Gasteiger partial charge in [-0.25, -0.2) is 8.42 Å². The first-order valence-corrected chi connectivity index (χ1v) is 13.2. The molecule has 0 unspecified atom stereocenters. The van der Waals surface area contributed by atoms with Crippen LogP contribution in [0.2, 0.25) is 0 Å². The summed E-state index contributed by atoms with van der Waals surface area (Å²) < 4.78 is 27.9. The van der Waals surface area contributed by atoms with E-state index in [1.807, 2.05) is 0 Å². The Morgan fingerprint density at radius 2 is 1.66 bits per heavy atom. The third kappa shape index (κ3) is 3.68. The zero-order valence-electron chi connectivity index (χ0n) is 16.7. The van der Waals surface area contributed by atoms with Crippen molar-refractivity contribution in [3.05, 3.63) is 28.2 Å². The van der Waals surface area contributed by atoms with Gasteiger partial charge < -0.3 is 5.32 Å². The van der Waals surface area contributed by atoms with Crippen molar-refractivity contribution in [3.8, 4) is 0 Å². The first-order chi connectivity index (χ1) is 13.8. The van der Waals surface area contributed by atoms with E-state index >= 15 is 0 Å². The summed E-state index contributed by atoms with van der Waals surface area (Å²) in [6.45, 7) is 1.84. The number of carbonyl (C=O) groups excluding carboxylic acids is 1. The van der Waals surface area contributed by atoms with E-state index in [-0.39, 0.29) is 16.2 Å². The zero-order chi connectivity index (χ0) is 20.2. The first-order valence-electron chi connectivity index (χ1n) is 10.9. The van der Waals surface area contributed by atoms with Gasteiger partial charge in [0.1, 0.15) is 0 Å². The van der Waals surface area contributed by atoms with Gasteiger partial charge in [-0.1, -0.05) is 0 Å². The highest BCUT2D eigenvalue weighted by Gasteiger charge is 2.50. The maximum Gasteiger partial charge on any atom is 0.252 e. The molecule has 5 nitrogen and oxygen atoms in total. The highest BCUT2D eigenvalue weighted by atomic mass is 79.9. The summed E-state index contributed by atoms with van der Waals surface area (Å²) in [5.74, 6) is 2.36. The fourth-order valence-electron chi connectivity index (χ4n) is 6.79. The van der Waals surface area contributed by atoms with Gasteiger partial charge in [-0.15, -0.1) is 0 Å². The van der Waals surface area contributed by atoms with E-state index in [4.69, 9.17) is 0 Å². The van der Waals surface area contributed by atoms with Crippen LogP contribution < -0.4 is 5.32 Å². The fourth-order valence-corrected chi connectivity index (χ4v) is 8.76. The second-order valence-electron chi connectivity index (χ2n) is 9.85. The number of nitrogens with zero attached hydrogens (tertiary/aromatic N) is 1. The smallest absolute Gasteiger partial charge is 0.252 e. The van der Waals surface area contributed by atoms with Crippen molar-refractivity contribution < 1.29 is 13.2 Å². The van der Waals surface area contributed by atoms with E-state index in [0.717, 1.165) is 30.6 Å². The van der Waals surface area contributed by atoms with Crippen LogP contribution in [0.25, 0.3) is 0 Å². The SMILES string of the molecule is O=C(NCC12CC3CC(CC(C3)C1)C2)c1cc(S(=O)(=O)N2CCCC2)ccc1Br. The lowest BCUT2D eigenvalue weighted by atomic mass is 9.49. The molecule has 4 saturated carbocycles. The summed E-state index contributed by atoms with van der Waals surface area (Å²) in [6.07, 6.45) is 9.67. The Morgan fingerprint density at radius 1 is 1.07 bits per heavy atom. The maximum atomic E-state index is 13.0. The van der Waals surface area contributed by atoms with Gasteiger partial charge in [0.15, 0.2) is 0 Å². The van der Waals surface area contributed by atoms with Crippen LogP contribution in [0, 0.1) is 23.2 Å². The lowest BCUT2D eigenvalue weighted by molar-refractivity contribution is -0.0503. The molecular formula is C22H29BrN2O3S. The number of benzene rings is 1. The molecule has 29 heavy (non-hydrogen) atoms. The van der Waals surface area contributed by atoms with Gasteiger partial charge in [0.2, 0.25) is 10.0 Å². The van der Waals surface area contributed by atoms with Crippen molar-refractivity contribution in [1.29, 1.82) is 0 Å². The molecule has 1 aromatic carbocycles. The Kier molecular flexibility index (Phi) is 5.07. The monoisotopic (exact) mass is 480 g/mol. The Bertz CT molecular complexity index is 889. The predicted molar refractivity (Wildman–Crippen MR) is 115 cm³/mol. The lowest BCUT2D eigenvalue weighted by Crippen LogP contribution is -2.51. The van der Waals surface area contributed by atoms with E-state index in [9.17, 15) is 13.2 Å². The fraction of sp³-hybridized carbons (Fsp3) is 0.682. The molecule has 1 aromatic rings. The molecule has 0 atom stereocenters. The van der Waals surface area contributed by atoms with Crippen molar-refractivity contribution in [3.63, 3.8) is 0 Å². The Labute approximate surface area is 181 Å². The van der Waals surface area contributed by atoms with Crippen LogP contribution in [0.15, 0.2) is 27.6 Å². The molecule has 7 heteroatoms. The van der Waals surface area contributed by atoms with Gasteiger partial charge in [0.05, 0.1) is 10.5 Å². The number of amides is 1. The van der Waals surface area contributed by atoms with E-state index in [0.29, 0.717) is 29.7 Å². The molecule has 1 N–H and O–H groups in total. The van der Waals surface area contributed by atoms with Crippen molar-refractivity contribution >= 4 is 31.9 Å². The highest BCUT2D eigenvalue weighted by molar-refractivity contribution is 9.10. The van der Waals surface area contributed by atoms with E-state index < -0.39 is 10.0 Å². The van der Waals surface area contributed by atoms with Crippen molar-refractivity contribution in [2.75, 3.05) is 19.6 Å². The van der Waals surface area contributed by atoms with Crippen LogP contribution in [0.5, 0.6) is 0 Å². The third-order valence-corrected chi connectivity index (χ3v) is 10.3. The van der Waals surface area contributed by atoms with Gasteiger partial charge in [-0.3, -0.25) is 4.79 Å². The molecule has 6 rings (SSSR count). The zero-order valence-corrected chi connectivity index (χ0v) is 19.1. The largest absolute Gasteiger partial charge is 0.351 e. The minimum Gasteiger partial charge on any atom is -0.351 e. The molecule has 4 bridgehead atoms. The van der Waals surface area contributed by atoms with Crippen LogP contribution in [-0.2, 0) is 10.0 Å². The molecule has 4 aliphatic carbocycles. The Hall–Kier alpha value is -0.920. The molecular weight excluding hydrogens is 452 g/mol. The van der Waals surface area contributed by atoms with Crippen molar-refractivity contribution in [2.45, 2.75) is 56.3 Å². The number of rotatable bonds is 5. The Balaban J connectivity index is 1.32. The number of hydrogen-bond donors (Lipinski definition) is 1. The minimum atomic E-state index is -3.53. The molecule has 0 aromatic heterocycles. The summed E-state index contributed by atoms with van der Waals surface area (Å²) in [7, 11) is -3.53. The van der Waals surface area contributed by atoms with Crippen LogP contribution in [0.1, 0.15) is 61.7 Å². The number of halogens is 1. The topological polar surface area (TPSA) is 66.5 Å². The Morgan fingerprint density at radius 3 is 2.24 bits per heavy atom. The maximum absolute atomic E-state index is 13.0. The summed E-state index contributed by atoms with van der Waals surface area (Å²) in [4.78, 5) is 13.2. The average Bonchev–Trinajstić information content (AvgIpc) is 3.21. The standard InChI is InChI=1S/C22H29BrN2O3S/c23-20-4-3-18(29(27,28)25-5-1-2-6-25)10-19(20)21(26)24-14-22-11-15-7-16(12-22)9-17(8-15)13-22/h3-4,10,15-17H,1-2,5-9,11-14H2,(H,24,26). The molecule has 0 radical (unpaired) electrons.